The average Bonchev–Trinajstić information content (AvgIpc) is 2.98. The Bertz CT molecular complexity index is 1150. The molecule has 3 nitrogen and oxygen atoms in total. The average molecular weight is 387 g/mol. The third kappa shape index (κ3) is 3.60. The van der Waals surface area contributed by atoms with E-state index in [1.54, 1.807) is 16.4 Å². The number of aromatic nitrogens is 2. The monoisotopic (exact) mass is 386 g/mol. The van der Waals surface area contributed by atoms with E-state index < -0.39 is 0 Å². The highest BCUT2D eigenvalue weighted by Gasteiger charge is 2.18. The molecular weight excluding hydrogens is 364 g/mol. The SMILES string of the molecule is Cc1ccc(Sc2c(C)nn(C(=O)Cc3cccc4ccccc34)c2C)cc1. The number of hydrogen-bond acceptors (Lipinski definition) is 3. The molecule has 0 aliphatic carbocycles. The van der Waals surface area contributed by atoms with Crippen molar-refractivity contribution in [2.75, 3.05) is 0 Å². The Hall–Kier alpha value is -2.85. The maximum absolute atomic E-state index is 13.0. The van der Waals surface area contributed by atoms with Crippen molar-refractivity contribution in [3.63, 3.8) is 0 Å². The minimum atomic E-state index is -0.00675. The van der Waals surface area contributed by atoms with Gasteiger partial charge in [0.2, 0.25) is 0 Å². The van der Waals surface area contributed by atoms with Crippen LogP contribution in [0.15, 0.2) is 76.5 Å². The second-order valence-corrected chi connectivity index (χ2v) is 8.12. The van der Waals surface area contributed by atoms with E-state index in [2.05, 4.69) is 54.5 Å². The first-order chi connectivity index (χ1) is 13.5. The van der Waals surface area contributed by atoms with Gasteiger partial charge in [-0.2, -0.15) is 5.10 Å². The highest BCUT2D eigenvalue weighted by Crippen LogP contribution is 2.33. The maximum atomic E-state index is 13.0. The van der Waals surface area contributed by atoms with E-state index in [1.165, 1.54) is 5.56 Å². The molecule has 140 valence electrons. The van der Waals surface area contributed by atoms with Crippen LogP contribution < -0.4 is 0 Å². The summed E-state index contributed by atoms with van der Waals surface area (Å²) in [6, 6.07) is 22.7. The van der Waals surface area contributed by atoms with E-state index in [-0.39, 0.29) is 5.91 Å². The summed E-state index contributed by atoms with van der Waals surface area (Å²) in [5.41, 5.74) is 4.05. The number of nitrogens with zero attached hydrogens (tertiary/aromatic N) is 2. The van der Waals surface area contributed by atoms with Crippen LogP contribution in [-0.4, -0.2) is 15.7 Å². The van der Waals surface area contributed by atoms with Crippen LogP contribution in [0.4, 0.5) is 0 Å². The van der Waals surface area contributed by atoms with Gasteiger partial charge in [0.05, 0.1) is 22.7 Å². The van der Waals surface area contributed by atoms with Crippen LogP contribution in [0.2, 0.25) is 0 Å². The van der Waals surface area contributed by atoms with E-state index >= 15 is 0 Å². The molecular formula is C24H22N2OS. The number of benzene rings is 3. The summed E-state index contributed by atoms with van der Waals surface area (Å²) in [5, 5.41) is 6.82. The van der Waals surface area contributed by atoms with Gasteiger partial charge in [-0.3, -0.25) is 4.79 Å². The molecule has 0 fully saturated rings. The predicted molar refractivity (Wildman–Crippen MR) is 115 cm³/mol. The zero-order chi connectivity index (χ0) is 19.7. The highest BCUT2D eigenvalue weighted by atomic mass is 32.2. The Kier molecular flexibility index (Phi) is 5.05. The first-order valence-corrected chi connectivity index (χ1v) is 10.1. The van der Waals surface area contributed by atoms with Gasteiger partial charge in [-0.05, 0) is 49.2 Å². The molecule has 0 aliphatic heterocycles. The summed E-state index contributed by atoms with van der Waals surface area (Å²) >= 11 is 1.66. The molecule has 3 aromatic carbocycles. The van der Waals surface area contributed by atoms with Crippen molar-refractivity contribution in [1.82, 2.24) is 9.78 Å². The summed E-state index contributed by atoms with van der Waals surface area (Å²) < 4.78 is 1.56. The van der Waals surface area contributed by atoms with Crippen molar-refractivity contribution < 1.29 is 4.79 Å². The molecule has 1 heterocycles. The van der Waals surface area contributed by atoms with Gasteiger partial charge in [0, 0.05) is 4.90 Å². The van der Waals surface area contributed by atoms with Gasteiger partial charge in [0.1, 0.15) is 0 Å². The highest BCUT2D eigenvalue weighted by molar-refractivity contribution is 7.99. The van der Waals surface area contributed by atoms with Crippen molar-refractivity contribution in [1.29, 1.82) is 0 Å². The lowest BCUT2D eigenvalue weighted by molar-refractivity contribution is 0.0895. The van der Waals surface area contributed by atoms with Crippen LogP contribution in [0.1, 0.15) is 27.3 Å². The van der Waals surface area contributed by atoms with Gasteiger partial charge >= 0.3 is 0 Å². The molecule has 28 heavy (non-hydrogen) atoms. The minimum absolute atomic E-state index is 0.00675. The van der Waals surface area contributed by atoms with Crippen LogP contribution in [0.25, 0.3) is 10.8 Å². The van der Waals surface area contributed by atoms with Gasteiger partial charge in [-0.15, -0.1) is 0 Å². The molecule has 0 amide bonds. The second kappa shape index (κ2) is 7.64. The van der Waals surface area contributed by atoms with Gasteiger partial charge in [-0.1, -0.05) is 71.9 Å². The molecule has 1 aromatic heterocycles. The largest absolute Gasteiger partial charge is 0.272 e. The van der Waals surface area contributed by atoms with Crippen LogP contribution in [-0.2, 0) is 6.42 Å². The fourth-order valence-corrected chi connectivity index (χ4v) is 4.36. The number of fused-ring (bicyclic) bond motifs is 1. The van der Waals surface area contributed by atoms with E-state index in [0.717, 1.165) is 37.5 Å². The van der Waals surface area contributed by atoms with Crippen LogP contribution in [0, 0.1) is 20.8 Å². The number of hydrogen-bond donors (Lipinski definition) is 0. The van der Waals surface area contributed by atoms with Crippen LogP contribution >= 0.6 is 11.8 Å². The zero-order valence-electron chi connectivity index (χ0n) is 16.3. The van der Waals surface area contributed by atoms with Crippen molar-refractivity contribution in [2.24, 2.45) is 0 Å². The normalized spacial score (nSPS) is 11.1. The number of aryl methyl sites for hydroxylation is 2. The summed E-state index contributed by atoms with van der Waals surface area (Å²) in [5.74, 6) is -0.00675. The topological polar surface area (TPSA) is 34.9 Å². The van der Waals surface area contributed by atoms with E-state index in [9.17, 15) is 4.79 Å². The molecule has 0 saturated carbocycles. The van der Waals surface area contributed by atoms with E-state index in [4.69, 9.17) is 0 Å². The summed E-state index contributed by atoms with van der Waals surface area (Å²) in [7, 11) is 0. The lowest BCUT2D eigenvalue weighted by atomic mass is 10.0. The zero-order valence-corrected chi connectivity index (χ0v) is 17.1. The molecule has 0 spiro atoms. The van der Waals surface area contributed by atoms with E-state index in [0.29, 0.717) is 6.42 Å². The van der Waals surface area contributed by atoms with Crippen molar-refractivity contribution in [2.45, 2.75) is 37.0 Å². The van der Waals surface area contributed by atoms with Gasteiger partial charge in [0.25, 0.3) is 5.91 Å². The molecule has 0 bridgehead atoms. The van der Waals surface area contributed by atoms with Crippen LogP contribution in [0.3, 0.4) is 0 Å². The summed E-state index contributed by atoms with van der Waals surface area (Å²) in [6.07, 6.45) is 0.331. The standard InChI is InChI=1S/C24H22N2OS/c1-16-11-13-21(14-12-16)28-24-17(2)25-26(18(24)3)23(27)15-20-9-6-8-19-7-4-5-10-22(19)20/h4-14H,15H2,1-3H3. The Morgan fingerprint density at radius 3 is 2.43 bits per heavy atom. The number of rotatable bonds is 4. The molecule has 0 N–H and O–H groups in total. The second-order valence-electron chi connectivity index (χ2n) is 7.04. The fraction of sp³-hybridized carbons (Fsp3) is 0.167. The fourth-order valence-electron chi connectivity index (χ4n) is 3.43. The molecule has 4 rings (SSSR count). The van der Waals surface area contributed by atoms with Gasteiger partial charge < -0.3 is 0 Å². The molecule has 4 aromatic rings. The lowest BCUT2D eigenvalue weighted by Gasteiger charge is -2.08. The molecule has 0 saturated heterocycles. The predicted octanol–water partition coefficient (Wildman–Crippen LogP) is 6.00. The molecule has 0 radical (unpaired) electrons. The van der Waals surface area contributed by atoms with Crippen molar-refractivity contribution in [3.8, 4) is 0 Å². The quantitative estimate of drug-likeness (QED) is 0.432. The molecule has 0 atom stereocenters. The van der Waals surface area contributed by atoms with Crippen molar-refractivity contribution in [3.05, 3.63) is 89.2 Å². The molecule has 0 aliphatic rings. The summed E-state index contributed by atoms with van der Waals surface area (Å²) in [4.78, 5) is 15.2. The Morgan fingerprint density at radius 2 is 1.64 bits per heavy atom. The van der Waals surface area contributed by atoms with E-state index in [1.807, 2.05) is 38.1 Å². The Balaban J connectivity index is 1.62. The Morgan fingerprint density at radius 1 is 0.929 bits per heavy atom. The first-order valence-electron chi connectivity index (χ1n) is 9.33. The molecule has 4 heteroatoms. The number of carbonyl (C=O) groups excluding carboxylic acids is 1. The first kappa shape index (κ1) is 18.5. The van der Waals surface area contributed by atoms with Crippen LogP contribution in [0.5, 0.6) is 0 Å². The van der Waals surface area contributed by atoms with Crippen molar-refractivity contribution >= 4 is 28.4 Å². The number of carbonyl (C=O) groups is 1. The third-order valence-corrected chi connectivity index (χ3v) is 6.23. The van der Waals surface area contributed by atoms with Gasteiger partial charge in [0.15, 0.2) is 0 Å². The summed E-state index contributed by atoms with van der Waals surface area (Å²) in [6.45, 7) is 6.01. The smallest absolute Gasteiger partial charge is 0.251 e. The maximum Gasteiger partial charge on any atom is 0.251 e. The molecule has 0 unspecified atom stereocenters. The van der Waals surface area contributed by atoms with Gasteiger partial charge in [-0.25, -0.2) is 4.68 Å². The lowest BCUT2D eigenvalue weighted by Crippen LogP contribution is -2.16. The third-order valence-electron chi connectivity index (χ3n) is 4.92. The minimum Gasteiger partial charge on any atom is -0.272 e. The Labute approximate surface area is 169 Å².